The van der Waals surface area contributed by atoms with E-state index in [2.05, 4.69) is 39.8 Å². The van der Waals surface area contributed by atoms with E-state index in [0.717, 1.165) is 57.2 Å². The molecule has 7 nitrogen and oxygen atoms in total. The molecule has 0 atom stereocenters. The van der Waals surface area contributed by atoms with Crippen molar-refractivity contribution in [1.29, 1.82) is 0 Å². The van der Waals surface area contributed by atoms with E-state index in [1.54, 1.807) is 24.3 Å². The molecule has 8 heteroatoms. The van der Waals surface area contributed by atoms with Crippen molar-refractivity contribution in [2.45, 2.75) is 32.7 Å². The molecule has 6 rings (SSSR count). The molecule has 0 saturated carbocycles. The zero-order valence-electron chi connectivity index (χ0n) is 20.8. The second kappa shape index (κ2) is 9.48. The molecule has 37 heavy (non-hydrogen) atoms. The number of halogens is 1. The Labute approximate surface area is 219 Å². The molecule has 0 unspecified atom stereocenters. The van der Waals surface area contributed by atoms with E-state index in [1.807, 2.05) is 30.9 Å². The molecule has 2 aromatic heterocycles. The van der Waals surface area contributed by atoms with Crippen LogP contribution in [-0.4, -0.2) is 50.1 Å². The van der Waals surface area contributed by atoms with Gasteiger partial charge in [-0.3, -0.25) is 9.89 Å². The summed E-state index contributed by atoms with van der Waals surface area (Å²) < 4.78 is 0. The van der Waals surface area contributed by atoms with Crippen LogP contribution in [0.25, 0.3) is 32.9 Å². The van der Waals surface area contributed by atoms with Gasteiger partial charge < -0.3 is 10.2 Å². The Balaban J connectivity index is 1.18. The topological polar surface area (TPSA) is 86.8 Å². The Kier molecular flexibility index (Phi) is 6.00. The van der Waals surface area contributed by atoms with Gasteiger partial charge in [-0.25, -0.2) is 9.97 Å². The second-order valence-corrected chi connectivity index (χ2v) is 10.1. The summed E-state index contributed by atoms with van der Waals surface area (Å²) in [6, 6.07) is 19.8. The van der Waals surface area contributed by atoms with Gasteiger partial charge in [0.05, 0.1) is 16.7 Å². The summed E-state index contributed by atoms with van der Waals surface area (Å²) in [6.07, 6.45) is 1.68. The molecule has 186 valence electrons. The molecular weight excluding hydrogens is 484 g/mol. The fourth-order valence-electron chi connectivity index (χ4n) is 5.17. The van der Waals surface area contributed by atoms with Gasteiger partial charge in [0.15, 0.2) is 0 Å². The monoisotopic (exact) mass is 510 g/mol. The minimum atomic E-state index is 0.0463. The fraction of sp³-hybridized carbons (Fsp3) is 0.241. The molecule has 2 N–H and O–H groups in total. The number of hydrogen-bond acceptors (Lipinski definition) is 5. The number of nitrogens with zero attached hydrogens (tertiary/aromatic N) is 4. The van der Waals surface area contributed by atoms with Crippen molar-refractivity contribution in [3.05, 3.63) is 82.6 Å². The number of benzene rings is 3. The van der Waals surface area contributed by atoms with Crippen molar-refractivity contribution >= 4 is 45.3 Å². The summed E-state index contributed by atoms with van der Waals surface area (Å²) in [5.74, 6) is 0.679. The van der Waals surface area contributed by atoms with E-state index < -0.39 is 0 Å². The highest BCUT2D eigenvalue weighted by molar-refractivity contribution is 6.30. The quantitative estimate of drug-likeness (QED) is 0.302. The average molecular weight is 511 g/mol. The standard InChI is InChI=1S/C29H27ClN6O/c1-17-24-16-20(23-4-3-5-26-27(23)18(2)34-35-26)8-11-25(24)33-29(31-17)32-22-12-14-36(15-13-22)28(37)19-6-9-21(30)10-7-19/h3-11,16,22H,12-15H2,1-2H3,(H,34,35)(H,31,32,33). The van der Waals surface area contributed by atoms with E-state index in [-0.39, 0.29) is 11.9 Å². The number of amides is 1. The van der Waals surface area contributed by atoms with Crippen LogP contribution in [-0.2, 0) is 0 Å². The van der Waals surface area contributed by atoms with Crippen LogP contribution >= 0.6 is 11.6 Å². The normalized spacial score (nSPS) is 14.4. The maximum atomic E-state index is 12.8. The van der Waals surface area contributed by atoms with Crippen LogP contribution in [0.15, 0.2) is 60.7 Å². The highest BCUT2D eigenvalue weighted by atomic mass is 35.5. The van der Waals surface area contributed by atoms with Crippen molar-refractivity contribution in [3.8, 4) is 11.1 Å². The van der Waals surface area contributed by atoms with Crippen LogP contribution < -0.4 is 5.32 Å². The predicted molar refractivity (Wildman–Crippen MR) is 148 cm³/mol. The fourth-order valence-corrected chi connectivity index (χ4v) is 5.29. The summed E-state index contributed by atoms with van der Waals surface area (Å²) in [5, 5.41) is 13.8. The van der Waals surface area contributed by atoms with Gasteiger partial charge in [-0.15, -0.1) is 0 Å². The van der Waals surface area contributed by atoms with E-state index in [0.29, 0.717) is 29.6 Å². The van der Waals surface area contributed by atoms with Gasteiger partial charge in [0, 0.05) is 46.2 Å². The first-order chi connectivity index (χ1) is 18.0. The highest BCUT2D eigenvalue weighted by Gasteiger charge is 2.24. The maximum Gasteiger partial charge on any atom is 0.253 e. The molecule has 3 heterocycles. The van der Waals surface area contributed by atoms with Crippen LogP contribution in [0, 0.1) is 13.8 Å². The number of nitrogens with one attached hydrogen (secondary N) is 2. The number of aromatic amines is 1. The van der Waals surface area contributed by atoms with Crippen LogP contribution in [0.5, 0.6) is 0 Å². The predicted octanol–water partition coefficient (Wildman–Crippen LogP) is 6.16. The number of fused-ring (bicyclic) bond motifs is 2. The molecule has 1 aliphatic rings. The van der Waals surface area contributed by atoms with Gasteiger partial charge in [-0.1, -0.05) is 29.8 Å². The molecular formula is C29H27ClN6O. The van der Waals surface area contributed by atoms with E-state index >= 15 is 0 Å². The number of carbonyl (C=O) groups is 1. The average Bonchev–Trinajstić information content (AvgIpc) is 3.30. The number of aromatic nitrogens is 4. The molecule has 3 aromatic carbocycles. The van der Waals surface area contributed by atoms with Gasteiger partial charge in [0.1, 0.15) is 0 Å². The lowest BCUT2D eigenvalue weighted by atomic mass is 9.98. The molecule has 0 spiro atoms. The molecule has 1 aliphatic heterocycles. The van der Waals surface area contributed by atoms with E-state index in [1.165, 1.54) is 0 Å². The van der Waals surface area contributed by atoms with Gasteiger partial charge in [-0.2, -0.15) is 5.10 Å². The first-order valence-corrected chi connectivity index (χ1v) is 12.9. The van der Waals surface area contributed by atoms with Crippen LogP contribution in [0.2, 0.25) is 5.02 Å². The Morgan fingerprint density at radius 3 is 2.57 bits per heavy atom. The highest BCUT2D eigenvalue weighted by Crippen LogP contribution is 2.32. The van der Waals surface area contributed by atoms with Crippen molar-refractivity contribution in [2.24, 2.45) is 0 Å². The summed E-state index contributed by atoms with van der Waals surface area (Å²) in [5.41, 5.74) is 6.79. The van der Waals surface area contributed by atoms with Crippen molar-refractivity contribution in [3.63, 3.8) is 0 Å². The SMILES string of the molecule is Cc1nc(NC2CCN(C(=O)c3ccc(Cl)cc3)CC2)nc2ccc(-c3cccc4n[nH]c(C)c34)cc12. The van der Waals surface area contributed by atoms with Crippen molar-refractivity contribution < 1.29 is 4.79 Å². The van der Waals surface area contributed by atoms with E-state index in [9.17, 15) is 4.79 Å². The Hall–Kier alpha value is -3.97. The summed E-state index contributed by atoms with van der Waals surface area (Å²) in [7, 11) is 0. The van der Waals surface area contributed by atoms with Crippen LogP contribution in [0.1, 0.15) is 34.6 Å². The molecule has 5 aromatic rings. The molecule has 1 saturated heterocycles. The third-order valence-corrected chi connectivity index (χ3v) is 7.42. The summed E-state index contributed by atoms with van der Waals surface area (Å²) in [4.78, 5) is 24.3. The van der Waals surface area contributed by atoms with Gasteiger partial charge >= 0.3 is 0 Å². The second-order valence-electron chi connectivity index (χ2n) is 9.63. The van der Waals surface area contributed by atoms with Gasteiger partial charge in [0.2, 0.25) is 5.95 Å². The number of anilines is 1. The van der Waals surface area contributed by atoms with Gasteiger partial charge in [-0.05, 0) is 80.3 Å². The first-order valence-electron chi connectivity index (χ1n) is 12.5. The van der Waals surface area contributed by atoms with Crippen molar-refractivity contribution in [1.82, 2.24) is 25.1 Å². The first kappa shape index (κ1) is 23.4. The minimum absolute atomic E-state index is 0.0463. The van der Waals surface area contributed by atoms with Crippen LogP contribution in [0.4, 0.5) is 5.95 Å². The number of aryl methyl sites for hydroxylation is 2. The third kappa shape index (κ3) is 4.51. The maximum absolute atomic E-state index is 12.8. The zero-order valence-corrected chi connectivity index (χ0v) is 21.5. The Morgan fingerprint density at radius 1 is 1.00 bits per heavy atom. The Morgan fingerprint density at radius 2 is 1.78 bits per heavy atom. The molecule has 1 fully saturated rings. The Bertz CT molecular complexity index is 1620. The third-order valence-electron chi connectivity index (χ3n) is 7.17. The number of piperidine rings is 1. The summed E-state index contributed by atoms with van der Waals surface area (Å²) >= 11 is 5.96. The lowest BCUT2D eigenvalue weighted by Gasteiger charge is -2.32. The number of likely N-dealkylation sites (tertiary alicyclic amines) is 1. The minimum Gasteiger partial charge on any atom is -0.351 e. The number of rotatable bonds is 4. The lowest BCUT2D eigenvalue weighted by molar-refractivity contribution is 0.0718. The van der Waals surface area contributed by atoms with E-state index in [4.69, 9.17) is 21.6 Å². The molecule has 0 bridgehead atoms. The lowest BCUT2D eigenvalue weighted by Crippen LogP contribution is -2.42. The van der Waals surface area contributed by atoms with Crippen molar-refractivity contribution in [2.75, 3.05) is 18.4 Å². The number of carbonyl (C=O) groups excluding carboxylic acids is 1. The summed E-state index contributed by atoms with van der Waals surface area (Å²) in [6.45, 7) is 5.45. The largest absolute Gasteiger partial charge is 0.351 e. The number of H-pyrrole nitrogens is 1. The van der Waals surface area contributed by atoms with Crippen LogP contribution in [0.3, 0.4) is 0 Å². The molecule has 1 amide bonds. The molecule has 0 aliphatic carbocycles. The zero-order chi connectivity index (χ0) is 25.5. The molecule has 0 radical (unpaired) electrons. The number of hydrogen-bond donors (Lipinski definition) is 2. The smallest absolute Gasteiger partial charge is 0.253 e. The van der Waals surface area contributed by atoms with Gasteiger partial charge in [0.25, 0.3) is 5.91 Å².